The van der Waals surface area contributed by atoms with Crippen LogP contribution in [0.1, 0.15) is 31.8 Å². The molecule has 0 atom stereocenters. The van der Waals surface area contributed by atoms with Crippen LogP contribution in [0.3, 0.4) is 0 Å². The molecule has 1 fully saturated rings. The molecule has 1 aromatic rings. The molecule has 0 spiro atoms. The first-order valence-electron chi connectivity index (χ1n) is 6.29. The van der Waals surface area contributed by atoms with Crippen LogP contribution in [0, 0.1) is 5.92 Å². The van der Waals surface area contributed by atoms with Crippen LogP contribution in [-0.2, 0) is 10.0 Å². The minimum absolute atomic E-state index is 0.0893. The second-order valence-electron chi connectivity index (χ2n) is 4.96. The number of benzene rings is 1. The van der Waals surface area contributed by atoms with Crippen molar-refractivity contribution in [2.75, 3.05) is 13.1 Å². The normalized spacial score (nSPS) is 18.9. The summed E-state index contributed by atoms with van der Waals surface area (Å²) in [6.07, 6.45) is -0.893. The smallest absolute Gasteiger partial charge is 0.207 e. The van der Waals surface area contributed by atoms with Crippen molar-refractivity contribution in [1.29, 1.82) is 0 Å². The average molecular weight is 289 g/mol. The molecule has 1 aromatic carbocycles. The summed E-state index contributed by atoms with van der Waals surface area (Å²) < 4.78 is 50.9. The molecule has 0 saturated carbocycles. The number of nitrogens with zero attached hydrogens (tertiary/aromatic N) is 1. The summed E-state index contributed by atoms with van der Waals surface area (Å²) >= 11 is 0. The van der Waals surface area contributed by atoms with Crippen molar-refractivity contribution in [1.82, 2.24) is 4.31 Å². The molecule has 0 N–H and O–H groups in total. The molecule has 19 heavy (non-hydrogen) atoms. The van der Waals surface area contributed by atoms with E-state index in [0.717, 1.165) is 12.8 Å². The number of rotatable bonds is 3. The lowest BCUT2D eigenvalue weighted by atomic mass is 10.0. The van der Waals surface area contributed by atoms with Gasteiger partial charge in [0.1, 0.15) is 0 Å². The zero-order chi connectivity index (χ0) is 14.0. The molecule has 0 amide bonds. The van der Waals surface area contributed by atoms with Gasteiger partial charge in [-0.25, -0.2) is 17.2 Å². The molecule has 1 aliphatic rings. The van der Waals surface area contributed by atoms with Gasteiger partial charge < -0.3 is 0 Å². The first kappa shape index (κ1) is 14.4. The highest BCUT2D eigenvalue weighted by atomic mass is 32.2. The van der Waals surface area contributed by atoms with Crippen LogP contribution < -0.4 is 0 Å². The highest BCUT2D eigenvalue weighted by molar-refractivity contribution is 7.89. The van der Waals surface area contributed by atoms with Crippen molar-refractivity contribution in [2.45, 2.75) is 31.1 Å². The van der Waals surface area contributed by atoms with Crippen LogP contribution in [-0.4, -0.2) is 25.8 Å². The third-order valence-corrected chi connectivity index (χ3v) is 5.43. The molecule has 6 heteroatoms. The summed E-state index contributed by atoms with van der Waals surface area (Å²) in [6.45, 7) is 3.10. The Kier molecular flexibility index (Phi) is 4.20. The lowest BCUT2D eigenvalue weighted by Crippen LogP contribution is -2.37. The minimum Gasteiger partial charge on any atom is -0.207 e. The van der Waals surface area contributed by atoms with Gasteiger partial charge in [-0.3, -0.25) is 0 Å². The van der Waals surface area contributed by atoms with Crippen molar-refractivity contribution in [2.24, 2.45) is 5.92 Å². The van der Waals surface area contributed by atoms with E-state index >= 15 is 0 Å². The van der Waals surface area contributed by atoms with Crippen molar-refractivity contribution in [3.05, 3.63) is 29.8 Å². The molecule has 1 aliphatic heterocycles. The monoisotopic (exact) mass is 289 g/mol. The number of sulfonamides is 1. The summed E-state index contributed by atoms with van der Waals surface area (Å²) in [7, 11) is -3.54. The van der Waals surface area contributed by atoms with Crippen LogP contribution in [0.5, 0.6) is 0 Å². The molecular formula is C13H17F2NO2S. The molecule has 0 bridgehead atoms. The molecule has 0 aromatic heterocycles. The van der Waals surface area contributed by atoms with Crippen molar-refractivity contribution in [3.63, 3.8) is 0 Å². The molecule has 0 unspecified atom stereocenters. The minimum atomic E-state index is -3.54. The van der Waals surface area contributed by atoms with Crippen LogP contribution in [0.4, 0.5) is 8.78 Å². The van der Waals surface area contributed by atoms with Gasteiger partial charge in [-0.15, -0.1) is 0 Å². The predicted molar refractivity (Wildman–Crippen MR) is 68.6 cm³/mol. The highest BCUT2D eigenvalue weighted by Gasteiger charge is 2.28. The summed E-state index contributed by atoms with van der Waals surface area (Å²) in [4.78, 5) is 0.0893. The first-order valence-corrected chi connectivity index (χ1v) is 7.73. The molecule has 1 saturated heterocycles. The Morgan fingerprint density at radius 2 is 1.68 bits per heavy atom. The second-order valence-corrected chi connectivity index (χ2v) is 6.89. The number of hydrogen-bond donors (Lipinski definition) is 0. The van der Waals surface area contributed by atoms with Crippen LogP contribution in [0.15, 0.2) is 29.2 Å². The van der Waals surface area contributed by atoms with E-state index in [0.29, 0.717) is 19.0 Å². The first-order chi connectivity index (χ1) is 8.91. The number of halogens is 2. The van der Waals surface area contributed by atoms with E-state index in [4.69, 9.17) is 0 Å². The molecule has 1 heterocycles. The van der Waals surface area contributed by atoms with Gasteiger partial charge in [0.05, 0.1) is 4.90 Å². The molecule has 0 radical (unpaired) electrons. The maximum atomic E-state index is 12.4. The van der Waals surface area contributed by atoms with E-state index in [2.05, 4.69) is 6.92 Å². The zero-order valence-corrected chi connectivity index (χ0v) is 11.5. The molecule has 3 nitrogen and oxygen atoms in total. The third kappa shape index (κ3) is 3.12. The van der Waals surface area contributed by atoms with Gasteiger partial charge >= 0.3 is 0 Å². The van der Waals surface area contributed by atoms with E-state index in [1.165, 1.54) is 28.6 Å². The Bertz CT molecular complexity index is 520. The van der Waals surface area contributed by atoms with Gasteiger partial charge in [0.2, 0.25) is 10.0 Å². The highest BCUT2D eigenvalue weighted by Crippen LogP contribution is 2.25. The van der Waals surface area contributed by atoms with E-state index in [9.17, 15) is 17.2 Å². The van der Waals surface area contributed by atoms with Crippen LogP contribution in [0.2, 0.25) is 0 Å². The van der Waals surface area contributed by atoms with E-state index in [-0.39, 0.29) is 10.5 Å². The maximum Gasteiger partial charge on any atom is 0.263 e. The number of hydrogen-bond acceptors (Lipinski definition) is 2. The van der Waals surface area contributed by atoms with E-state index < -0.39 is 16.4 Å². The SMILES string of the molecule is CC1CCN(S(=O)(=O)c2ccc(C(F)F)cc2)CC1. The topological polar surface area (TPSA) is 37.4 Å². The average Bonchev–Trinajstić information content (AvgIpc) is 2.39. The summed E-state index contributed by atoms with van der Waals surface area (Å²) in [5.41, 5.74) is -0.161. The van der Waals surface area contributed by atoms with Gasteiger partial charge in [0, 0.05) is 18.7 Å². The zero-order valence-electron chi connectivity index (χ0n) is 10.7. The van der Waals surface area contributed by atoms with Crippen LogP contribution in [0.25, 0.3) is 0 Å². The molecule has 2 rings (SSSR count). The fourth-order valence-corrected chi connectivity index (χ4v) is 3.63. The summed E-state index contributed by atoms with van der Waals surface area (Å²) in [5.74, 6) is 0.535. The Balaban J connectivity index is 2.19. The van der Waals surface area contributed by atoms with Gasteiger partial charge in [0.25, 0.3) is 6.43 Å². The maximum absolute atomic E-state index is 12.4. The van der Waals surface area contributed by atoms with Gasteiger partial charge in [-0.2, -0.15) is 4.31 Å². The Morgan fingerprint density at radius 3 is 2.16 bits per heavy atom. The van der Waals surface area contributed by atoms with Crippen molar-refractivity contribution < 1.29 is 17.2 Å². The Hall–Kier alpha value is -1.01. The number of piperidine rings is 1. The standard InChI is InChI=1S/C13H17F2NO2S/c1-10-6-8-16(9-7-10)19(17,18)12-4-2-11(3-5-12)13(14)15/h2-5,10,13H,6-9H2,1H3. The third-order valence-electron chi connectivity index (χ3n) is 3.51. The van der Waals surface area contributed by atoms with Gasteiger partial charge in [0.15, 0.2) is 0 Å². The fourth-order valence-electron chi connectivity index (χ4n) is 2.16. The van der Waals surface area contributed by atoms with E-state index in [1.807, 2.05) is 0 Å². The van der Waals surface area contributed by atoms with Crippen molar-refractivity contribution >= 4 is 10.0 Å². The van der Waals surface area contributed by atoms with Gasteiger partial charge in [-0.1, -0.05) is 19.1 Å². The summed E-state index contributed by atoms with van der Waals surface area (Å²) in [6, 6.07) is 4.86. The molecular weight excluding hydrogens is 272 g/mol. The van der Waals surface area contributed by atoms with E-state index in [1.54, 1.807) is 0 Å². The lowest BCUT2D eigenvalue weighted by Gasteiger charge is -2.29. The molecule has 0 aliphatic carbocycles. The number of alkyl halides is 2. The van der Waals surface area contributed by atoms with Crippen molar-refractivity contribution in [3.8, 4) is 0 Å². The molecule has 106 valence electrons. The second kappa shape index (κ2) is 5.54. The summed E-state index contributed by atoms with van der Waals surface area (Å²) in [5, 5.41) is 0. The Morgan fingerprint density at radius 1 is 1.16 bits per heavy atom. The predicted octanol–water partition coefficient (Wildman–Crippen LogP) is 3.04. The fraction of sp³-hybridized carbons (Fsp3) is 0.538. The largest absolute Gasteiger partial charge is 0.263 e. The Labute approximate surface area is 112 Å². The lowest BCUT2D eigenvalue weighted by molar-refractivity contribution is 0.151. The van der Waals surface area contributed by atoms with Gasteiger partial charge in [-0.05, 0) is 30.9 Å². The quantitative estimate of drug-likeness (QED) is 0.857. The van der Waals surface area contributed by atoms with Crippen LogP contribution >= 0.6 is 0 Å².